The zero-order valence-electron chi connectivity index (χ0n) is 8.32. The molecule has 1 fully saturated rings. The first-order chi connectivity index (χ1) is 6.65. The molecule has 1 unspecified atom stereocenters. The maximum Gasteiger partial charge on any atom is 0.308 e. The van der Waals surface area contributed by atoms with Gasteiger partial charge in [-0.05, 0) is 13.5 Å². The summed E-state index contributed by atoms with van der Waals surface area (Å²) >= 11 is 0. The molecule has 1 heterocycles. The van der Waals surface area contributed by atoms with Gasteiger partial charge in [-0.15, -0.1) is 0 Å². The quantitative estimate of drug-likeness (QED) is 0.643. The van der Waals surface area contributed by atoms with Gasteiger partial charge in [-0.3, -0.25) is 9.59 Å². The van der Waals surface area contributed by atoms with Crippen LogP contribution in [0.2, 0.25) is 0 Å². The van der Waals surface area contributed by atoms with Gasteiger partial charge in [0, 0.05) is 26.1 Å². The number of carboxylic acids is 1. The second-order valence-electron chi connectivity index (χ2n) is 3.52. The number of carbonyl (C=O) groups is 2. The van der Waals surface area contributed by atoms with Gasteiger partial charge in [0.05, 0.1) is 5.92 Å². The van der Waals surface area contributed by atoms with Gasteiger partial charge < -0.3 is 15.3 Å². The summed E-state index contributed by atoms with van der Waals surface area (Å²) in [5.74, 6) is -1.12. The summed E-state index contributed by atoms with van der Waals surface area (Å²) in [6.45, 7) is 1.60. The first-order valence-corrected chi connectivity index (χ1v) is 4.80. The van der Waals surface area contributed by atoms with Crippen LogP contribution in [0.25, 0.3) is 0 Å². The molecule has 1 amide bonds. The van der Waals surface area contributed by atoms with Crippen LogP contribution in [0.4, 0.5) is 0 Å². The van der Waals surface area contributed by atoms with Crippen LogP contribution in [0.5, 0.6) is 0 Å². The number of likely N-dealkylation sites (tertiary alicyclic amines) is 1. The number of carboxylic acid groups (broad SMARTS) is 1. The molecule has 2 N–H and O–H groups in total. The topological polar surface area (TPSA) is 69.6 Å². The number of nitrogens with zero attached hydrogens (tertiary/aromatic N) is 1. The highest BCUT2D eigenvalue weighted by molar-refractivity contribution is 5.78. The van der Waals surface area contributed by atoms with Crippen LogP contribution in [0.1, 0.15) is 12.8 Å². The van der Waals surface area contributed by atoms with E-state index in [1.807, 2.05) is 0 Å². The van der Waals surface area contributed by atoms with Crippen LogP contribution in [0.15, 0.2) is 0 Å². The summed E-state index contributed by atoms with van der Waals surface area (Å²) < 4.78 is 0. The van der Waals surface area contributed by atoms with Crippen LogP contribution < -0.4 is 5.32 Å². The van der Waals surface area contributed by atoms with E-state index in [4.69, 9.17) is 5.11 Å². The molecule has 5 heteroatoms. The van der Waals surface area contributed by atoms with E-state index < -0.39 is 5.97 Å². The van der Waals surface area contributed by atoms with E-state index in [2.05, 4.69) is 5.32 Å². The van der Waals surface area contributed by atoms with Gasteiger partial charge in [0.25, 0.3) is 0 Å². The molecule has 80 valence electrons. The van der Waals surface area contributed by atoms with Gasteiger partial charge in [0.1, 0.15) is 0 Å². The lowest BCUT2D eigenvalue weighted by Gasteiger charge is -2.15. The lowest BCUT2D eigenvalue weighted by molar-refractivity contribution is -0.141. The predicted octanol–water partition coefficient (Wildman–Crippen LogP) is -0.471. The Bertz CT molecular complexity index is 230. The fourth-order valence-corrected chi connectivity index (χ4v) is 1.58. The van der Waals surface area contributed by atoms with Crippen molar-refractivity contribution in [2.75, 3.05) is 26.7 Å². The molecule has 1 atom stereocenters. The Hall–Kier alpha value is -1.10. The van der Waals surface area contributed by atoms with E-state index in [9.17, 15) is 9.59 Å². The van der Waals surface area contributed by atoms with Crippen molar-refractivity contribution in [3.05, 3.63) is 0 Å². The molecule has 0 aromatic carbocycles. The third-order valence-electron chi connectivity index (χ3n) is 2.48. The number of nitrogens with one attached hydrogen (secondary N) is 1. The predicted molar refractivity (Wildman–Crippen MR) is 50.9 cm³/mol. The molecular formula is C9H16N2O3. The van der Waals surface area contributed by atoms with E-state index >= 15 is 0 Å². The Morgan fingerprint density at radius 1 is 1.57 bits per heavy atom. The molecular weight excluding hydrogens is 184 g/mol. The first-order valence-electron chi connectivity index (χ1n) is 4.80. The molecule has 0 radical (unpaired) electrons. The Morgan fingerprint density at radius 2 is 2.29 bits per heavy atom. The van der Waals surface area contributed by atoms with Gasteiger partial charge in [-0.25, -0.2) is 0 Å². The Kier molecular flexibility index (Phi) is 3.88. The Morgan fingerprint density at radius 3 is 2.79 bits per heavy atom. The minimum atomic E-state index is -0.797. The summed E-state index contributed by atoms with van der Waals surface area (Å²) in [6, 6.07) is 0. The number of hydrogen-bond donors (Lipinski definition) is 2. The van der Waals surface area contributed by atoms with Crippen LogP contribution in [-0.4, -0.2) is 48.6 Å². The van der Waals surface area contributed by atoms with E-state index in [-0.39, 0.29) is 11.8 Å². The smallest absolute Gasteiger partial charge is 0.308 e. The third-order valence-corrected chi connectivity index (χ3v) is 2.48. The van der Waals surface area contributed by atoms with Gasteiger partial charge in [0.2, 0.25) is 5.91 Å². The zero-order chi connectivity index (χ0) is 10.6. The molecule has 0 bridgehead atoms. The lowest BCUT2D eigenvalue weighted by atomic mass is 10.1. The number of aliphatic carboxylic acids is 1. The molecule has 0 saturated carbocycles. The van der Waals surface area contributed by atoms with Crippen molar-refractivity contribution in [1.29, 1.82) is 0 Å². The average Bonchev–Trinajstić information content (AvgIpc) is 2.62. The molecule has 1 aliphatic heterocycles. The van der Waals surface area contributed by atoms with Crippen LogP contribution in [0.3, 0.4) is 0 Å². The van der Waals surface area contributed by atoms with Crippen molar-refractivity contribution >= 4 is 11.9 Å². The summed E-state index contributed by atoms with van der Waals surface area (Å²) in [6.07, 6.45) is 1.03. The minimum absolute atomic E-state index is 0.0445. The Labute approximate surface area is 83.1 Å². The normalized spacial score (nSPS) is 21.2. The highest BCUT2D eigenvalue weighted by Gasteiger charge is 2.30. The first kappa shape index (κ1) is 11.0. The van der Waals surface area contributed by atoms with E-state index in [1.165, 1.54) is 0 Å². The largest absolute Gasteiger partial charge is 0.481 e. The van der Waals surface area contributed by atoms with Crippen LogP contribution in [-0.2, 0) is 9.59 Å². The fraction of sp³-hybridized carbons (Fsp3) is 0.778. The van der Waals surface area contributed by atoms with Gasteiger partial charge >= 0.3 is 5.97 Å². The van der Waals surface area contributed by atoms with Crippen LogP contribution in [0, 0.1) is 5.92 Å². The SMILES string of the molecule is CNCCC(=O)N1CCC(C(=O)O)C1. The van der Waals surface area contributed by atoms with Crippen molar-refractivity contribution in [1.82, 2.24) is 10.2 Å². The summed E-state index contributed by atoms with van der Waals surface area (Å²) in [5.41, 5.74) is 0. The van der Waals surface area contributed by atoms with Crippen molar-refractivity contribution in [2.45, 2.75) is 12.8 Å². The molecule has 0 aromatic rings. The van der Waals surface area contributed by atoms with Crippen molar-refractivity contribution in [2.24, 2.45) is 5.92 Å². The molecule has 1 rings (SSSR count). The maximum absolute atomic E-state index is 11.5. The summed E-state index contributed by atoms with van der Waals surface area (Å²) in [5, 5.41) is 11.6. The van der Waals surface area contributed by atoms with E-state index in [0.717, 1.165) is 0 Å². The van der Waals surface area contributed by atoms with E-state index in [0.29, 0.717) is 32.5 Å². The van der Waals surface area contributed by atoms with Crippen molar-refractivity contribution in [3.63, 3.8) is 0 Å². The van der Waals surface area contributed by atoms with Gasteiger partial charge in [-0.2, -0.15) is 0 Å². The molecule has 0 aromatic heterocycles. The Balaban J connectivity index is 2.34. The molecule has 1 saturated heterocycles. The van der Waals surface area contributed by atoms with Crippen molar-refractivity contribution < 1.29 is 14.7 Å². The molecule has 5 nitrogen and oxygen atoms in total. The van der Waals surface area contributed by atoms with Crippen molar-refractivity contribution in [3.8, 4) is 0 Å². The number of amides is 1. The molecule has 0 spiro atoms. The second kappa shape index (κ2) is 4.95. The number of carbonyl (C=O) groups excluding carboxylic acids is 1. The van der Waals surface area contributed by atoms with E-state index in [1.54, 1.807) is 11.9 Å². The highest BCUT2D eigenvalue weighted by atomic mass is 16.4. The fourth-order valence-electron chi connectivity index (χ4n) is 1.58. The third kappa shape index (κ3) is 2.70. The average molecular weight is 200 g/mol. The zero-order valence-corrected chi connectivity index (χ0v) is 8.32. The standard InChI is InChI=1S/C9H16N2O3/c1-10-4-2-8(12)11-5-3-7(6-11)9(13)14/h7,10H,2-6H2,1H3,(H,13,14). The highest BCUT2D eigenvalue weighted by Crippen LogP contribution is 2.16. The molecule has 14 heavy (non-hydrogen) atoms. The minimum Gasteiger partial charge on any atom is -0.481 e. The summed E-state index contributed by atoms with van der Waals surface area (Å²) in [4.78, 5) is 23.7. The van der Waals surface area contributed by atoms with Crippen LogP contribution >= 0.6 is 0 Å². The number of rotatable bonds is 4. The van der Waals surface area contributed by atoms with Gasteiger partial charge in [0.15, 0.2) is 0 Å². The second-order valence-corrected chi connectivity index (χ2v) is 3.52. The number of hydrogen-bond acceptors (Lipinski definition) is 3. The molecule has 0 aliphatic carbocycles. The summed E-state index contributed by atoms with van der Waals surface area (Å²) in [7, 11) is 1.79. The lowest BCUT2D eigenvalue weighted by Crippen LogP contribution is -2.31. The maximum atomic E-state index is 11.5. The molecule has 1 aliphatic rings. The van der Waals surface area contributed by atoms with Gasteiger partial charge in [-0.1, -0.05) is 0 Å². The monoisotopic (exact) mass is 200 g/mol.